The summed E-state index contributed by atoms with van der Waals surface area (Å²) in [5.41, 5.74) is 6.40. The highest BCUT2D eigenvalue weighted by molar-refractivity contribution is 14.1. The molecule has 0 saturated carbocycles. The molecule has 3 nitrogen and oxygen atoms in total. The number of carbonyl (C=O) groups excluding carboxylic acids is 1. The predicted octanol–water partition coefficient (Wildman–Crippen LogP) is 3.26. The van der Waals surface area contributed by atoms with Gasteiger partial charge in [0.05, 0.1) is 16.8 Å². The molecule has 0 saturated heterocycles. The first-order valence-electron chi connectivity index (χ1n) is 5.41. The Kier molecular flexibility index (Phi) is 5.69. The van der Waals surface area contributed by atoms with Crippen molar-refractivity contribution in [1.29, 1.82) is 0 Å². The van der Waals surface area contributed by atoms with Crippen LogP contribution in [0.5, 0.6) is 0 Å². The zero-order valence-electron chi connectivity index (χ0n) is 9.84. The molecule has 1 rings (SSSR count). The lowest BCUT2D eigenvalue weighted by Gasteiger charge is -2.14. The van der Waals surface area contributed by atoms with Crippen LogP contribution in [0.15, 0.2) is 18.2 Å². The Labute approximate surface area is 120 Å². The van der Waals surface area contributed by atoms with E-state index >= 15 is 0 Å². The Hall–Kier alpha value is -0.330. The number of carbonyl (C=O) groups is 1. The van der Waals surface area contributed by atoms with Crippen molar-refractivity contribution < 1.29 is 4.79 Å². The predicted molar refractivity (Wildman–Crippen MR) is 80.2 cm³/mol. The molecule has 0 fully saturated rings. The minimum absolute atomic E-state index is 0.193. The molecule has 0 aliphatic heterocycles. The molecule has 0 aliphatic rings. The third-order valence-electron chi connectivity index (χ3n) is 2.25. The van der Waals surface area contributed by atoms with E-state index in [-0.39, 0.29) is 5.91 Å². The molecule has 1 atom stereocenters. The maximum Gasteiger partial charge on any atom is 0.241 e. The van der Waals surface area contributed by atoms with E-state index in [9.17, 15) is 4.79 Å². The van der Waals surface area contributed by atoms with Crippen LogP contribution in [0.1, 0.15) is 20.3 Å². The van der Waals surface area contributed by atoms with Crippen LogP contribution in [0.25, 0.3) is 0 Å². The number of benzene rings is 1. The van der Waals surface area contributed by atoms with Crippen molar-refractivity contribution in [3.8, 4) is 0 Å². The number of anilines is 1. The van der Waals surface area contributed by atoms with Gasteiger partial charge in [-0.05, 0) is 53.1 Å². The molecule has 0 heterocycles. The van der Waals surface area contributed by atoms with Crippen LogP contribution in [0.2, 0.25) is 5.02 Å². The number of hydrogen-bond acceptors (Lipinski definition) is 2. The van der Waals surface area contributed by atoms with Gasteiger partial charge in [0.25, 0.3) is 0 Å². The number of amides is 1. The van der Waals surface area contributed by atoms with E-state index in [0.717, 1.165) is 3.57 Å². The van der Waals surface area contributed by atoms with E-state index in [1.54, 1.807) is 12.1 Å². The fourth-order valence-electron chi connectivity index (χ4n) is 1.43. The van der Waals surface area contributed by atoms with Crippen molar-refractivity contribution in [2.24, 2.45) is 11.7 Å². The Morgan fingerprint density at radius 3 is 2.71 bits per heavy atom. The zero-order chi connectivity index (χ0) is 13.0. The molecule has 17 heavy (non-hydrogen) atoms. The molecule has 0 aromatic heterocycles. The monoisotopic (exact) mass is 366 g/mol. The number of hydrogen-bond donors (Lipinski definition) is 2. The standard InChI is InChI=1S/C12H16ClIN2O/c1-7(2)5-10(15)12(17)16-11-4-3-8(14)6-9(11)13/h3-4,6-7,10H,5,15H2,1-2H3,(H,16,17)/t10-/m0/s1. The van der Waals surface area contributed by atoms with E-state index in [4.69, 9.17) is 17.3 Å². The quantitative estimate of drug-likeness (QED) is 0.804. The van der Waals surface area contributed by atoms with Gasteiger partial charge in [-0.3, -0.25) is 4.79 Å². The molecule has 94 valence electrons. The molecular weight excluding hydrogens is 351 g/mol. The highest BCUT2D eigenvalue weighted by Gasteiger charge is 2.16. The van der Waals surface area contributed by atoms with Crippen molar-refractivity contribution in [2.45, 2.75) is 26.3 Å². The van der Waals surface area contributed by atoms with E-state index in [1.165, 1.54) is 0 Å². The van der Waals surface area contributed by atoms with Crippen LogP contribution in [-0.4, -0.2) is 11.9 Å². The first-order valence-corrected chi connectivity index (χ1v) is 6.87. The lowest BCUT2D eigenvalue weighted by Crippen LogP contribution is -2.36. The van der Waals surface area contributed by atoms with Gasteiger partial charge in [-0.1, -0.05) is 25.4 Å². The van der Waals surface area contributed by atoms with Gasteiger partial charge in [0, 0.05) is 3.57 Å². The van der Waals surface area contributed by atoms with Crippen molar-refractivity contribution >= 4 is 45.8 Å². The number of rotatable bonds is 4. The van der Waals surface area contributed by atoms with E-state index in [0.29, 0.717) is 23.0 Å². The van der Waals surface area contributed by atoms with Crippen LogP contribution in [-0.2, 0) is 4.79 Å². The van der Waals surface area contributed by atoms with E-state index in [2.05, 4.69) is 27.9 Å². The van der Waals surface area contributed by atoms with E-state index in [1.807, 2.05) is 19.9 Å². The average Bonchev–Trinajstić information content (AvgIpc) is 2.21. The maximum atomic E-state index is 11.8. The highest BCUT2D eigenvalue weighted by atomic mass is 127. The maximum absolute atomic E-state index is 11.8. The minimum atomic E-state index is -0.495. The summed E-state index contributed by atoms with van der Waals surface area (Å²) in [7, 11) is 0. The van der Waals surface area contributed by atoms with Gasteiger partial charge >= 0.3 is 0 Å². The highest BCUT2D eigenvalue weighted by Crippen LogP contribution is 2.24. The number of nitrogens with one attached hydrogen (secondary N) is 1. The topological polar surface area (TPSA) is 55.1 Å². The van der Waals surface area contributed by atoms with Gasteiger partial charge in [0.15, 0.2) is 0 Å². The first-order chi connectivity index (χ1) is 7.90. The SMILES string of the molecule is CC(C)C[C@H](N)C(=O)Nc1ccc(I)cc1Cl. The van der Waals surface area contributed by atoms with Crippen molar-refractivity contribution in [3.63, 3.8) is 0 Å². The fourth-order valence-corrected chi connectivity index (χ4v) is 2.33. The molecule has 1 aromatic carbocycles. The fraction of sp³-hybridized carbons (Fsp3) is 0.417. The normalized spacial score (nSPS) is 12.6. The summed E-state index contributed by atoms with van der Waals surface area (Å²) in [6.07, 6.45) is 0.661. The summed E-state index contributed by atoms with van der Waals surface area (Å²) < 4.78 is 1.03. The number of nitrogens with two attached hydrogens (primary N) is 1. The molecule has 0 radical (unpaired) electrons. The van der Waals surface area contributed by atoms with Gasteiger partial charge in [0.1, 0.15) is 0 Å². The molecule has 3 N–H and O–H groups in total. The van der Waals surface area contributed by atoms with Crippen LogP contribution >= 0.6 is 34.2 Å². The van der Waals surface area contributed by atoms with Crippen LogP contribution in [0, 0.1) is 9.49 Å². The van der Waals surface area contributed by atoms with Crippen LogP contribution in [0.4, 0.5) is 5.69 Å². The Bertz CT molecular complexity index is 409. The van der Waals surface area contributed by atoms with Gasteiger partial charge < -0.3 is 11.1 Å². The van der Waals surface area contributed by atoms with Gasteiger partial charge in [-0.15, -0.1) is 0 Å². The van der Waals surface area contributed by atoms with Gasteiger partial charge in [-0.2, -0.15) is 0 Å². The Morgan fingerprint density at radius 1 is 1.53 bits per heavy atom. The largest absolute Gasteiger partial charge is 0.323 e. The summed E-state index contributed by atoms with van der Waals surface area (Å²) in [5, 5.41) is 3.27. The first kappa shape index (κ1) is 14.7. The lowest BCUT2D eigenvalue weighted by molar-refractivity contribution is -0.117. The Balaban J connectivity index is 2.67. The van der Waals surface area contributed by atoms with Crippen LogP contribution in [0.3, 0.4) is 0 Å². The van der Waals surface area contributed by atoms with Crippen molar-refractivity contribution in [1.82, 2.24) is 0 Å². The molecule has 5 heteroatoms. The van der Waals surface area contributed by atoms with Crippen molar-refractivity contribution in [2.75, 3.05) is 5.32 Å². The summed E-state index contributed by atoms with van der Waals surface area (Å²) in [5.74, 6) is 0.199. The smallest absolute Gasteiger partial charge is 0.241 e. The molecule has 0 aliphatic carbocycles. The second-order valence-corrected chi connectivity index (χ2v) is 6.00. The third kappa shape index (κ3) is 4.81. The second-order valence-electron chi connectivity index (χ2n) is 4.35. The zero-order valence-corrected chi connectivity index (χ0v) is 12.7. The minimum Gasteiger partial charge on any atom is -0.323 e. The second kappa shape index (κ2) is 6.56. The summed E-state index contributed by atoms with van der Waals surface area (Å²) >= 11 is 8.19. The van der Waals surface area contributed by atoms with Crippen molar-refractivity contribution in [3.05, 3.63) is 26.8 Å². The number of halogens is 2. The molecule has 1 aromatic rings. The average molecular weight is 367 g/mol. The van der Waals surface area contributed by atoms with Crippen LogP contribution < -0.4 is 11.1 Å². The summed E-state index contributed by atoms with van der Waals surface area (Å²) in [6, 6.07) is 4.97. The molecular formula is C12H16ClIN2O. The Morgan fingerprint density at radius 2 is 2.18 bits per heavy atom. The summed E-state index contributed by atoms with van der Waals surface area (Å²) in [6.45, 7) is 4.07. The lowest BCUT2D eigenvalue weighted by atomic mass is 10.0. The van der Waals surface area contributed by atoms with Gasteiger partial charge in [0.2, 0.25) is 5.91 Å². The molecule has 0 unspecified atom stereocenters. The van der Waals surface area contributed by atoms with Gasteiger partial charge in [-0.25, -0.2) is 0 Å². The summed E-state index contributed by atoms with van der Waals surface area (Å²) in [4.78, 5) is 11.8. The van der Waals surface area contributed by atoms with E-state index < -0.39 is 6.04 Å². The third-order valence-corrected chi connectivity index (χ3v) is 3.23. The molecule has 0 spiro atoms. The molecule has 1 amide bonds. The molecule has 0 bridgehead atoms.